The van der Waals surface area contributed by atoms with E-state index in [1.54, 1.807) is 0 Å². The molecule has 6 heteroatoms. The number of rotatable bonds is 15. The summed E-state index contributed by atoms with van der Waals surface area (Å²) in [5, 5.41) is 14.5. The van der Waals surface area contributed by atoms with E-state index >= 15 is 0 Å². The molecule has 0 fully saturated rings. The summed E-state index contributed by atoms with van der Waals surface area (Å²) in [7, 11) is 2.00. The standard InChI is InChI=1S/C28H38BrN2O2P/c1-31-24-27(23-30-31)34(29,25-17-11-9-12-18-25,26-19-13-10-14-20-26)22-16-8-6-4-2-3-5-7-15-21-28(32)33/h9-14,17-20,23-24H,2-8,15-16,21-22H2,1H3,(H,32,33). The van der Waals surface area contributed by atoms with Crippen molar-refractivity contribution in [2.45, 2.75) is 64.2 Å². The average Bonchev–Trinajstić information content (AvgIpc) is 3.31. The van der Waals surface area contributed by atoms with E-state index in [9.17, 15) is 4.79 Å². The molecular weight excluding hydrogens is 507 g/mol. The molecule has 0 spiro atoms. The number of halogens is 1. The molecule has 1 aromatic heterocycles. The van der Waals surface area contributed by atoms with Gasteiger partial charge in [0, 0.05) is 0 Å². The van der Waals surface area contributed by atoms with Gasteiger partial charge in [-0.2, -0.15) is 0 Å². The van der Waals surface area contributed by atoms with E-state index < -0.39 is 11.3 Å². The van der Waals surface area contributed by atoms with Crippen LogP contribution >= 0.6 is 20.8 Å². The van der Waals surface area contributed by atoms with Gasteiger partial charge in [-0.3, -0.25) is 4.79 Å². The zero-order chi connectivity index (χ0) is 24.3. The van der Waals surface area contributed by atoms with Crippen LogP contribution < -0.4 is 15.9 Å². The third-order valence-corrected chi connectivity index (χ3v) is 16.8. The minimum absolute atomic E-state index is 0.304. The fourth-order valence-electron chi connectivity index (χ4n) is 4.88. The second-order valence-corrected chi connectivity index (χ2v) is 18.3. The molecule has 0 amide bonds. The van der Waals surface area contributed by atoms with Crippen molar-refractivity contribution in [2.24, 2.45) is 7.05 Å². The van der Waals surface area contributed by atoms with E-state index in [0.717, 1.165) is 31.8 Å². The van der Waals surface area contributed by atoms with Gasteiger partial charge in [0.2, 0.25) is 0 Å². The predicted octanol–water partition coefficient (Wildman–Crippen LogP) is 6.55. The summed E-state index contributed by atoms with van der Waals surface area (Å²) in [6.07, 6.45) is 15.9. The van der Waals surface area contributed by atoms with Crippen LogP contribution in [0.1, 0.15) is 64.2 Å². The first-order valence-electron chi connectivity index (χ1n) is 12.5. The summed E-state index contributed by atoms with van der Waals surface area (Å²) in [4.78, 5) is 10.6. The average molecular weight is 546 g/mol. The number of carboxylic acid groups (broad SMARTS) is 1. The normalized spacial score (nSPS) is 12.8. The number of hydrogen-bond acceptors (Lipinski definition) is 2. The Hall–Kier alpha value is -1.97. The van der Waals surface area contributed by atoms with Crippen LogP contribution in [0.5, 0.6) is 0 Å². The fourth-order valence-corrected chi connectivity index (χ4v) is 12.4. The Kier molecular flexibility index (Phi) is 9.91. The maximum absolute atomic E-state index is 10.6. The number of hydrogen-bond donors (Lipinski definition) is 1. The number of carbonyl (C=O) groups is 1. The van der Waals surface area contributed by atoms with Crippen LogP contribution in [-0.4, -0.2) is 27.0 Å². The van der Waals surface area contributed by atoms with Crippen LogP contribution in [0.2, 0.25) is 0 Å². The van der Waals surface area contributed by atoms with Crippen molar-refractivity contribution in [3.8, 4) is 0 Å². The number of benzene rings is 2. The van der Waals surface area contributed by atoms with Gasteiger partial charge in [0.05, 0.1) is 0 Å². The number of unbranched alkanes of at least 4 members (excludes halogenated alkanes) is 8. The molecule has 0 aliphatic heterocycles. The molecule has 2 aromatic carbocycles. The van der Waals surface area contributed by atoms with Crippen molar-refractivity contribution in [3.63, 3.8) is 0 Å². The topological polar surface area (TPSA) is 55.1 Å². The van der Waals surface area contributed by atoms with Gasteiger partial charge >= 0.3 is 203 Å². The van der Waals surface area contributed by atoms with Gasteiger partial charge in [-0.25, -0.2) is 0 Å². The van der Waals surface area contributed by atoms with Gasteiger partial charge in [0.15, 0.2) is 0 Å². The molecular formula is C28H38BrN2O2P. The Balaban J connectivity index is 1.67. The van der Waals surface area contributed by atoms with Crippen molar-refractivity contribution in [2.75, 3.05) is 6.16 Å². The summed E-state index contributed by atoms with van der Waals surface area (Å²) in [6.45, 7) is 0. The molecule has 0 atom stereocenters. The van der Waals surface area contributed by atoms with Gasteiger partial charge in [0.25, 0.3) is 0 Å². The first-order valence-corrected chi connectivity index (χ1v) is 16.9. The van der Waals surface area contributed by atoms with E-state index in [-0.39, 0.29) is 0 Å². The first-order chi connectivity index (χ1) is 16.4. The molecule has 4 nitrogen and oxygen atoms in total. The Morgan fingerprint density at radius 3 is 1.71 bits per heavy atom. The Labute approximate surface area is 212 Å². The van der Waals surface area contributed by atoms with Gasteiger partial charge in [-0.05, 0) is 0 Å². The van der Waals surface area contributed by atoms with Crippen LogP contribution in [0.3, 0.4) is 0 Å². The van der Waals surface area contributed by atoms with Crippen LogP contribution in [0, 0.1) is 0 Å². The second-order valence-electron chi connectivity index (χ2n) is 9.28. The second kappa shape index (κ2) is 12.7. The Morgan fingerprint density at radius 2 is 1.26 bits per heavy atom. The third kappa shape index (κ3) is 6.37. The number of aryl methyl sites for hydroxylation is 1. The van der Waals surface area contributed by atoms with Gasteiger partial charge in [-0.1, -0.05) is 0 Å². The zero-order valence-corrected chi connectivity index (χ0v) is 22.8. The van der Waals surface area contributed by atoms with Crippen LogP contribution in [0.15, 0.2) is 73.1 Å². The molecule has 0 bridgehead atoms. The SMILES string of the molecule is Cn1cc(P(Br)(CCCCCCCCCCCC(=O)O)(c2ccccc2)c2ccccc2)cn1. The van der Waals surface area contributed by atoms with E-state index in [1.165, 1.54) is 48.0 Å². The molecule has 0 unspecified atom stereocenters. The molecule has 0 radical (unpaired) electrons. The number of aromatic nitrogens is 2. The van der Waals surface area contributed by atoms with Crippen LogP contribution in [0.4, 0.5) is 0 Å². The molecule has 0 saturated heterocycles. The summed E-state index contributed by atoms with van der Waals surface area (Å²) in [5.41, 5.74) is 0. The predicted molar refractivity (Wildman–Crippen MR) is 150 cm³/mol. The Morgan fingerprint density at radius 1 is 0.794 bits per heavy atom. The van der Waals surface area contributed by atoms with Crippen molar-refractivity contribution in [1.82, 2.24) is 9.78 Å². The summed E-state index contributed by atoms with van der Waals surface area (Å²) in [6, 6.07) is 21.9. The Bertz CT molecular complexity index is 984. The maximum atomic E-state index is 10.6. The quantitative estimate of drug-likeness (QED) is 0.174. The van der Waals surface area contributed by atoms with Gasteiger partial charge in [0.1, 0.15) is 0 Å². The molecule has 184 valence electrons. The van der Waals surface area contributed by atoms with Crippen LogP contribution in [-0.2, 0) is 11.8 Å². The fraction of sp³-hybridized carbons (Fsp3) is 0.429. The van der Waals surface area contributed by atoms with Gasteiger partial charge < -0.3 is 5.11 Å². The number of nitrogens with zero attached hydrogens (tertiary/aromatic N) is 2. The van der Waals surface area contributed by atoms with Crippen molar-refractivity contribution in [1.29, 1.82) is 0 Å². The molecule has 0 aliphatic rings. The van der Waals surface area contributed by atoms with Crippen LogP contribution in [0.25, 0.3) is 0 Å². The molecule has 1 N–H and O–H groups in total. The zero-order valence-electron chi connectivity index (χ0n) is 20.3. The molecule has 0 aliphatic carbocycles. The van der Waals surface area contributed by atoms with Crippen molar-refractivity contribution >= 4 is 42.7 Å². The van der Waals surface area contributed by atoms with E-state index in [2.05, 4.69) is 93.6 Å². The molecule has 3 rings (SSSR count). The first kappa shape index (κ1) is 26.6. The summed E-state index contributed by atoms with van der Waals surface area (Å²) in [5.74, 6) is -0.679. The number of aliphatic carboxylic acids is 1. The van der Waals surface area contributed by atoms with Crippen molar-refractivity contribution in [3.05, 3.63) is 73.1 Å². The van der Waals surface area contributed by atoms with E-state index in [1.807, 2.05) is 11.7 Å². The molecule has 1 heterocycles. The summed E-state index contributed by atoms with van der Waals surface area (Å²) < 4.78 is 1.92. The monoisotopic (exact) mass is 544 g/mol. The van der Waals surface area contributed by atoms with Gasteiger partial charge in [-0.15, -0.1) is 0 Å². The number of carboxylic acids is 1. The molecule has 34 heavy (non-hydrogen) atoms. The minimum atomic E-state index is -2.83. The summed E-state index contributed by atoms with van der Waals surface area (Å²) >= 11 is 4.49. The molecule has 3 aromatic rings. The molecule has 0 saturated carbocycles. The van der Waals surface area contributed by atoms with E-state index in [0.29, 0.717) is 6.42 Å². The van der Waals surface area contributed by atoms with Crippen molar-refractivity contribution < 1.29 is 9.90 Å². The third-order valence-electron chi connectivity index (χ3n) is 6.79. The van der Waals surface area contributed by atoms with E-state index in [4.69, 9.17) is 5.11 Å².